The van der Waals surface area contributed by atoms with Crippen molar-refractivity contribution >= 4 is 39.5 Å². The Hall–Kier alpha value is -1.94. The summed E-state index contributed by atoms with van der Waals surface area (Å²) in [5, 5.41) is 10.6. The molecule has 3 unspecified atom stereocenters. The molecule has 0 spiro atoms. The van der Waals surface area contributed by atoms with Gasteiger partial charge in [-0.05, 0) is 49.4 Å². The van der Waals surface area contributed by atoms with Gasteiger partial charge in [-0.1, -0.05) is 312 Å². The highest BCUT2D eigenvalue weighted by atomic mass is 31.2. The summed E-state index contributed by atoms with van der Waals surface area (Å²) in [5.41, 5.74) is 0. The fourth-order valence-corrected chi connectivity index (χ4v) is 12.6. The average Bonchev–Trinajstić information content (AvgIpc) is 1.85. The largest absolute Gasteiger partial charge is 0.472 e. The molecule has 0 aromatic carbocycles. The second-order valence-corrected chi connectivity index (χ2v) is 31.1. The Kier molecular flexibility index (Phi) is 61.3. The van der Waals surface area contributed by atoms with Crippen LogP contribution in [0.4, 0.5) is 0 Å². The molecule has 5 atom stereocenters. The van der Waals surface area contributed by atoms with Gasteiger partial charge in [-0.25, -0.2) is 9.13 Å². The van der Waals surface area contributed by atoms with Crippen LogP contribution in [0.25, 0.3) is 0 Å². The summed E-state index contributed by atoms with van der Waals surface area (Å²) < 4.78 is 68.4. The standard InChI is InChI=1S/C73H142O17P2/c1-63(2)49-41-33-25-18-14-12-10-9-11-13-15-20-30-39-47-55-72(77)89-68(59-83-70(75)53-45-37-29-23-22-27-35-43-51-65(5)6)61-87-91(79,80)85-57-67(74)58-86-92(81,82)88-62-69(60-84-71(76)54-46-38-32-24-28-36-44-52-66(7)8)90-73(78)56-48-40-31-21-17-16-19-26-34-42-50-64(3)4/h63-69,74H,9-62H2,1-8H3,(H,79,80)(H,81,82)/t67?,68-,69-/m1/s1. The minimum Gasteiger partial charge on any atom is -0.462 e. The summed E-state index contributed by atoms with van der Waals surface area (Å²) in [4.78, 5) is 72.6. The summed E-state index contributed by atoms with van der Waals surface area (Å²) in [6.45, 7) is 14.1. The Balaban J connectivity index is 5.23. The molecule has 0 aliphatic carbocycles. The summed E-state index contributed by atoms with van der Waals surface area (Å²) in [7, 11) is -9.91. The summed E-state index contributed by atoms with van der Waals surface area (Å²) >= 11 is 0. The van der Waals surface area contributed by atoms with E-state index >= 15 is 0 Å². The van der Waals surface area contributed by atoms with Gasteiger partial charge >= 0.3 is 39.5 Å². The van der Waals surface area contributed by atoms with Crippen LogP contribution in [0.15, 0.2) is 0 Å². The second kappa shape index (κ2) is 62.6. The molecule has 546 valence electrons. The van der Waals surface area contributed by atoms with Crippen molar-refractivity contribution in [1.82, 2.24) is 0 Å². The molecule has 19 heteroatoms. The number of carbonyl (C=O) groups excluding carboxylic acids is 4. The van der Waals surface area contributed by atoms with E-state index in [-0.39, 0.29) is 25.7 Å². The fourth-order valence-electron chi connectivity index (χ4n) is 11.0. The maximum atomic E-state index is 13.0. The molecular weight excluding hydrogens is 1210 g/mol. The molecule has 0 aromatic rings. The molecule has 0 amide bonds. The van der Waals surface area contributed by atoms with Crippen molar-refractivity contribution in [2.75, 3.05) is 39.6 Å². The van der Waals surface area contributed by atoms with Crippen LogP contribution < -0.4 is 0 Å². The van der Waals surface area contributed by atoms with Crippen molar-refractivity contribution in [2.24, 2.45) is 23.7 Å². The third-order valence-electron chi connectivity index (χ3n) is 16.8. The summed E-state index contributed by atoms with van der Waals surface area (Å²) in [6.07, 6.45) is 45.9. The predicted octanol–water partition coefficient (Wildman–Crippen LogP) is 20.9. The van der Waals surface area contributed by atoms with E-state index in [4.69, 9.17) is 37.0 Å². The van der Waals surface area contributed by atoms with Crippen molar-refractivity contribution in [1.29, 1.82) is 0 Å². The van der Waals surface area contributed by atoms with Gasteiger partial charge in [0, 0.05) is 25.7 Å². The van der Waals surface area contributed by atoms with Gasteiger partial charge in [0.25, 0.3) is 0 Å². The van der Waals surface area contributed by atoms with E-state index in [9.17, 15) is 43.2 Å². The first kappa shape index (κ1) is 90.1. The van der Waals surface area contributed by atoms with Crippen LogP contribution in [0.2, 0.25) is 0 Å². The number of phosphoric acid groups is 2. The van der Waals surface area contributed by atoms with Gasteiger partial charge in [0.1, 0.15) is 19.3 Å². The van der Waals surface area contributed by atoms with Crippen LogP contribution >= 0.6 is 15.6 Å². The SMILES string of the molecule is CC(C)CCCCCCCCCCCCCCCCCC(=O)O[C@H](COC(=O)CCCCCCCCCCC(C)C)COP(=O)(O)OCC(O)COP(=O)(O)OC[C@@H](COC(=O)CCCCCCCCCC(C)C)OC(=O)CCCCCCCCCCCCC(C)C. The number of esters is 4. The molecule has 92 heavy (non-hydrogen) atoms. The maximum Gasteiger partial charge on any atom is 0.472 e. The monoisotopic (exact) mass is 1350 g/mol. The molecule has 0 rings (SSSR count). The zero-order valence-electron chi connectivity index (χ0n) is 60.2. The van der Waals surface area contributed by atoms with Crippen LogP contribution in [0.3, 0.4) is 0 Å². The molecule has 0 aliphatic heterocycles. The summed E-state index contributed by atoms with van der Waals surface area (Å²) in [6, 6.07) is 0. The van der Waals surface area contributed by atoms with Gasteiger partial charge < -0.3 is 33.8 Å². The fraction of sp³-hybridized carbons (Fsp3) is 0.945. The van der Waals surface area contributed by atoms with Crippen LogP contribution in [-0.4, -0.2) is 96.7 Å². The van der Waals surface area contributed by atoms with Gasteiger partial charge in [-0.15, -0.1) is 0 Å². The lowest BCUT2D eigenvalue weighted by molar-refractivity contribution is -0.161. The topological polar surface area (TPSA) is 237 Å². The van der Waals surface area contributed by atoms with E-state index in [1.165, 1.54) is 161 Å². The molecular formula is C73H142O17P2. The van der Waals surface area contributed by atoms with Crippen LogP contribution in [0.1, 0.15) is 364 Å². The lowest BCUT2D eigenvalue weighted by Gasteiger charge is -2.21. The zero-order valence-corrected chi connectivity index (χ0v) is 62.0. The minimum absolute atomic E-state index is 0.105. The van der Waals surface area contributed by atoms with Crippen molar-refractivity contribution < 1.29 is 80.2 Å². The van der Waals surface area contributed by atoms with E-state index in [1.807, 2.05) is 0 Å². The van der Waals surface area contributed by atoms with Gasteiger partial charge in [0.15, 0.2) is 12.2 Å². The first-order valence-corrected chi connectivity index (χ1v) is 40.7. The number of aliphatic hydroxyl groups is 1. The summed E-state index contributed by atoms with van der Waals surface area (Å²) in [5.74, 6) is 0.860. The van der Waals surface area contributed by atoms with Crippen LogP contribution in [-0.2, 0) is 65.4 Å². The van der Waals surface area contributed by atoms with Gasteiger partial charge in [0.2, 0.25) is 0 Å². The third-order valence-corrected chi connectivity index (χ3v) is 18.7. The number of carbonyl (C=O) groups is 4. The molecule has 0 fully saturated rings. The smallest absolute Gasteiger partial charge is 0.462 e. The average molecular weight is 1350 g/mol. The van der Waals surface area contributed by atoms with E-state index in [2.05, 4.69) is 55.4 Å². The Morgan fingerprint density at radius 3 is 0.674 bits per heavy atom. The molecule has 0 radical (unpaired) electrons. The van der Waals surface area contributed by atoms with Crippen molar-refractivity contribution in [3.05, 3.63) is 0 Å². The number of ether oxygens (including phenoxy) is 4. The number of aliphatic hydroxyl groups excluding tert-OH is 1. The number of hydrogen-bond acceptors (Lipinski definition) is 15. The van der Waals surface area contributed by atoms with E-state index in [1.54, 1.807) is 0 Å². The molecule has 0 aliphatic rings. The van der Waals surface area contributed by atoms with E-state index in [0.717, 1.165) is 114 Å². The van der Waals surface area contributed by atoms with Gasteiger partial charge in [-0.2, -0.15) is 0 Å². The van der Waals surface area contributed by atoms with Gasteiger partial charge in [-0.3, -0.25) is 37.3 Å². The Bertz CT molecular complexity index is 1820. The highest BCUT2D eigenvalue weighted by molar-refractivity contribution is 7.47. The number of unbranched alkanes of at least 4 members (excludes halogenated alkanes) is 36. The van der Waals surface area contributed by atoms with E-state index < -0.39 is 97.5 Å². The number of phosphoric ester groups is 2. The van der Waals surface area contributed by atoms with Crippen molar-refractivity contribution in [3.8, 4) is 0 Å². The van der Waals surface area contributed by atoms with Crippen molar-refractivity contribution in [2.45, 2.75) is 382 Å². The first-order chi connectivity index (χ1) is 44.1. The van der Waals surface area contributed by atoms with Crippen molar-refractivity contribution in [3.63, 3.8) is 0 Å². The molecule has 17 nitrogen and oxygen atoms in total. The predicted molar refractivity (Wildman–Crippen MR) is 372 cm³/mol. The Morgan fingerprint density at radius 2 is 0.457 bits per heavy atom. The lowest BCUT2D eigenvalue weighted by atomic mass is 10.0. The molecule has 0 saturated carbocycles. The Labute approximate surface area is 562 Å². The van der Waals surface area contributed by atoms with Crippen LogP contribution in [0, 0.1) is 23.7 Å². The molecule has 3 N–H and O–H groups in total. The highest BCUT2D eigenvalue weighted by Gasteiger charge is 2.30. The van der Waals surface area contributed by atoms with Gasteiger partial charge in [0.05, 0.1) is 26.4 Å². The molecule has 0 bridgehead atoms. The third kappa shape index (κ3) is 66.7. The quantitative estimate of drug-likeness (QED) is 0.0222. The number of hydrogen-bond donors (Lipinski definition) is 3. The maximum absolute atomic E-state index is 13.0. The van der Waals surface area contributed by atoms with E-state index in [0.29, 0.717) is 31.6 Å². The number of rotatable bonds is 70. The zero-order chi connectivity index (χ0) is 68.2. The lowest BCUT2D eigenvalue weighted by Crippen LogP contribution is -2.30. The van der Waals surface area contributed by atoms with Crippen LogP contribution in [0.5, 0.6) is 0 Å². The second-order valence-electron chi connectivity index (χ2n) is 28.2. The molecule has 0 aromatic heterocycles. The minimum atomic E-state index is -4.95. The highest BCUT2D eigenvalue weighted by Crippen LogP contribution is 2.45. The molecule has 0 heterocycles. The molecule has 0 saturated heterocycles. The normalized spacial score (nSPS) is 14.2. The Morgan fingerprint density at radius 1 is 0.272 bits per heavy atom. The first-order valence-electron chi connectivity index (χ1n) is 37.7.